The topological polar surface area (TPSA) is 80.9 Å². The Morgan fingerprint density at radius 2 is 1.92 bits per heavy atom. The van der Waals surface area contributed by atoms with Crippen LogP contribution in [-0.2, 0) is 6.54 Å². The number of H-pyrrole nitrogens is 1. The first-order valence-corrected chi connectivity index (χ1v) is 7.97. The standard InChI is InChI=1S/C19H14FN3O3/c1-11-17(14-4-2-3-5-15(14)21-11)16(24)10-23-19(25)26-18(22-23)12-6-8-13(20)9-7-12/h2-9,21H,10H2,1H3. The van der Waals surface area contributed by atoms with Crippen LogP contribution in [0.2, 0.25) is 0 Å². The molecule has 0 aliphatic rings. The highest BCUT2D eigenvalue weighted by atomic mass is 19.1. The van der Waals surface area contributed by atoms with Gasteiger partial charge in [0.25, 0.3) is 0 Å². The van der Waals surface area contributed by atoms with Crippen LogP contribution in [-0.4, -0.2) is 20.5 Å². The van der Waals surface area contributed by atoms with Crippen molar-refractivity contribution in [3.63, 3.8) is 0 Å². The van der Waals surface area contributed by atoms with Gasteiger partial charge in [-0.25, -0.2) is 9.18 Å². The Morgan fingerprint density at radius 1 is 1.19 bits per heavy atom. The number of Topliss-reactive ketones (excluding diaryl/α,β-unsaturated/α-hetero) is 1. The number of aromatic amines is 1. The number of hydrogen-bond acceptors (Lipinski definition) is 4. The van der Waals surface area contributed by atoms with E-state index in [4.69, 9.17) is 4.42 Å². The molecule has 0 bridgehead atoms. The molecule has 0 fully saturated rings. The molecule has 0 saturated heterocycles. The van der Waals surface area contributed by atoms with Crippen LogP contribution in [0.4, 0.5) is 4.39 Å². The van der Waals surface area contributed by atoms with Crippen molar-refractivity contribution in [1.82, 2.24) is 14.8 Å². The first-order valence-electron chi connectivity index (χ1n) is 7.97. The fourth-order valence-corrected chi connectivity index (χ4v) is 2.97. The van der Waals surface area contributed by atoms with Crippen LogP contribution in [0.1, 0.15) is 16.1 Å². The van der Waals surface area contributed by atoms with Crippen LogP contribution in [0, 0.1) is 12.7 Å². The Morgan fingerprint density at radius 3 is 2.69 bits per heavy atom. The zero-order valence-electron chi connectivity index (χ0n) is 13.8. The summed E-state index contributed by atoms with van der Waals surface area (Å²) >= 11 is 0. The summed E-state index contributed by atoms with van der Waals surface area (Å²) in [4.78, 5) is 27.9. The van der Waals surface area contributed by atoms with Gasteiger partial charge >= 0.3 is 5.76 Å². The second-order valence-corrected chi connectivity index (χ2v) is 5.93. The molecule has 2 aromatic heterocycles. The van der Waals surface area contributed by atoms with Gasteiger partial charge in [0.15, 0.2) is 5.78 Å². The summed E-state index contributed by atoms with van der Waals surface area (Å²) < 4.78 is 19.1. The molecule has 0 spiro atoms. The lowest BCUT2D eigenvalue weighted by Crippen LogP contribution is -2.21. The fraction of sp³-hybridized carbons (Fsp3) is 0.105. The van der Waals surface area contributed by atoms with Gasteiger partial charge in [-0.15, -0.1) is 5.10 Å². The number of aromatic nitrogens is 3. The smallest absolute Gasteiger partial charge is 0.388 e. The Kier molecular flexibility index (Phi) is 3.76. The molecule has 0 aliphatic carbocycles. The number of halogens is 1. The van der Waals surface area contributed by atoms with E-state index in [9.17, 15) is 14.0 Å². The van der Waals surface area contributed by atoms with E-state index in [1.807, 2.05) is 31.2 Å². The Hall–Kier alpha value is -3.48. The number of aryl methyl sites for hydroxylation is 1. The molecule has 130 valence electrons. The van der Waals surface area contributed by atoms with Crippen molar-refractivity contribution in [3.05, 3.63) is 76.2 Å². The van der Waals surface area contributed by atoms with E-state index in [0.717, 1.165) is 21.3 Å². The van der Waals surface area contributed by atoms with E-state index >= 15 is 0 Å². The Bertz CT molecular complexity index is 1170. The molecule has 7 heteroatoms. The van der Waals surface area contributed by atoms with Gasteiger partial charge in [-0.05, 0) is 37.3 Å². The van der Waals surface area contributed by atoms with E-state index in [1.165, 1.54) is 24.3 Å². The SMILES string of the molecule is Cc1[nH]c2ccccc2c1C(=O)Cn1nc(-c2ccc(F)cc2)oc1=O. The molecule has 2 aromatic carbocycles. The van der Waals surface area contributed by atoms with E-state index in [0.29, 0.717) is 11.1 Å². The largest absolute Gasteiger partial charge is 0.437 e. The molecule has 0 radical (unpaired) electrons. The zero-order chi connectivity index (χ0) is 18.3. The number of nitrogens with one attached hydrogen (secondary N) is 1. The maximum Gasteiger partial charge on any atom is 0.437 e. The second kappa shape index (κ2) is 6.11. The predicted molar refractivity (Wildman–Crippen MR) is 93.5 cm³/mol. The molecule has 6 nitrogen and oxygen atoms in total. The quantitative estimate of drug-likeness (QED) is 0.572. The van der Waals surface area contributed by atoms with Crippen molar-refractivity contribution in [2.45, 2.75) is 13.5 Å². The van der Waals surface area contributed by atoms with Crippen molar-refractivity contribution >= 4 is 16.7 Å². The molecule has 0 atom stereocenters. The van der Waals surface area contributed by atoms with Gasteiger partial charge in [0, 0.05) is 27.7 Å². The monoisotopic (exact) mass is 351 g/mol. The molecule has 0 aliphatic heterocycles. The molecule has 26 heavy (non-hydrogen) atoms. The van der Waals surface area contributed by atoms with E-state index in [1.54, 1.807) is 0 Å². The number of carbonyl (C=O) groups excluding carboxylic acids is 1. The van der Waals surface area contributed by atoms with E-state index in [-0.39, 0.29) is 18.2 Å². The predicted octanol–water partition coefficient (Wildman–Crippen LogP) is 3.32. The maximum atomic E-state index is 13.0. The molecule has 1 N–H and O–H groups in total. The lowest BCUT2D eigenvalue weighted by molar-refractivity contribution is 0.0966. The first kappa shape index (κ1) is 16.0. The Balaban J connectivity index is 1.67. The highest BCUT2D eigenvalue weighted by molar-refractivity contribution is 6.09. The number of nitrogens with zero attached hydrogens (tertiary/aromatic N) is 2. The van der Waals surface area contributed by atoms with Crippen LogP contribution >= 0.6 is 0 Å². The third kappa shape index (κ3) is 2.73. The minimum atomic E-state index is -0.741. The normalized spacial score (nSPS) is 11.2. The third-order valence-corrected chi connectivity index (χ3v) is 4.16. The van der Waals surface area contributed by atoms with Gasteiger partial charge in [-0.1, -0.05) is 18.2 Å². The summed E-state index contributed by atoms with van der Waals surface area (Å²) in [6.07, 6.45) is 0. The lowest BCUT2D eigenvalue weighted by atomic mass is 10.1. The third-order valence-electron chi connectivity index (χ3n) is 4.16. The van der Waals surface area contributed by atoms with E-state index in [2.05, 4.69) is 10.1 Å². The number of hydrogen-bond donors (Lipinski definition) is 1. The lowest BCUT2D eigenvalue weighted by Gasteiger charge is -2.00. The molecule has 0 amide bonds. The van der Waals surface area contributed by atoms with Gasteiger partial charge in [0.05, 0.1) is 0 Å². The molecule has 0 saturated carbocycles. The number of para-hydroxylation sites is 1. The van der Waals surface area contributed by atoms with Crippen LogP contribution < -0.4 is 5.76 Å². The molecular weight excluding hydrogens is 337 g/mol. The van der Waals surface area contributed by atoms with Gasteiger partial charge < -0.3 is 9.40 Å². The molecule has 4 aromatic rings. The van der Waals surface area contributed by atoms with Gasteiger partial charge in [0.2, 0.25) is 5.89 Å². The summed E-state index contributed by atoms with van der Waals surface area (Å²) in [6.45, 7) is 1.56. The zero-order valence-corrected chi connectivity index (χ0v) is 13.8. The van der Waals surface area contributed by atoms with Gasteiger partial charge in [-0.2, -0.15) is 4.68 Å². The Labute approximate surface area is 146 Å². The number of rotatable bonds is 4. The van der Waals surface area contributed by atoms with Crippen LogP contribution in [0.15, 0.2) is 57.7 Å². The summed E-state index contributed by atoms with van der Waals surface area (Å²) in [6, 6.07) is 12.9. The van der Waals surface area contributed by atoms with Crippen LogP contribution in [0.5, 0.6) is 0 Å². The number of fused-ring (bicyclic) bond motifs is 1. The number of benzene rings is 2. The van der Waals surface area contributed by atoms with Gasteiger partial charge in [0.1, 0.15) is 12.4 Å². The number of ketones is 1. The van der Waals surface area contributed by atoms with Crippen molar-refractivity contribution in [1.29, 1.82) is 0 Å². The first-order chi connectivity index (χ1) is 12.5. The van der Waals surface area contributed by atoms with Crippen LogP contribution in [0.25, 0.3) is 22.4 Å². The molecular formula is C19H14FN3O3. The van der Waals surface area contributed by atoms with Crippen LogP contribution in [0.3, 0.4) is 0 Å². The second-order valence-electron chi connectivity index (χ2n) is 5.93. The molecule has 4 rings (SSSR count). The average Bonchev–Trinajstić information content (AvgIpc) is 3.14. The van der Waals surface area contributed by atoms with Crippen molar-refractivity contribution in [3.8, 4) is 11.5 Å². The van der Waals surface area contributed by atoms with Gasteiger partial charge in [-0.3, -0.25) is 4.79 Å². The highest BCUT2D eigenvalue weighted by Crippen LogP contribution is 2.23. The van der Waals surface area contributed by atoms with Crippen molar-refractivity contribution < 1.29 is 13.6 Å². The molecule has 2 heterocycles. The maximum absolute atomic E-state index is 13.0. The minimum Gasteiger partial charge on any atom is -0.388 e. The minimum absolute atomic E-state index is 0.0402. The average molecular weight is 351 g/mol. The van der Waals surface area contributed by atoms with E-state index < -0.39 is 11.6 Å². The number of carbonyl (C=O) groups is 1. The highest BCUT2D eigenvalue weighted by Gasteiger charge is 2.19. The summed E-state index contributed by atoms with van der Waals surface area (Å²) in [5.41, 5.74) is 2.57. The fourth-order valence-electron chi connectivity index (χ4n) is 2.97. The van der Waals surface area contributed by atoms with Crippen molar-refractivity contribution in [2.24, 2.45) is 0 Å². The molecule has 0 unspecified atom stereocenters. The summed E-state index contributed by atoms with van der Waals surface area (Å²) in [7, 11) is 0. The summed E-state index contributed by atoms with van der Waals surface area (Å²) in [5, 5.41) is 4.85. The van der Waals surface area contributed by atoms with Crippen molar-refractivity contribution in [2.75, 3.05) is 0 Å². The summed E-state index contributed by atoms with van der Waals surface area (Å²) in [5.74, 6) is -1.35.